The second kappa shape index (κ2) is 8.66. The Bertz CT molecular complexity index is 1190. The number of alkyl halides is 3. The number of pyridine rings is 2. The Morgan fingerprint density at radius 1 is 1.09 bits per heavy atom. The zero-order valence-corrected chi connectivity index (χ0v) is 18.5. The minimum Gasteiger partial charge on any atom is -0.365 e. The van der Waals surface area contributed by atoms with E-state index in [1.807, 2.05) is 17.9 Å². The topological polar surface area (TPSA) is 83.9 Å². The fourth-order valence-electron chi connectivity index (χ4n) is 4.91. The maximum atomic E-state index is 13.8. The molecule has 1 amide bonds. The molecule has 3 aromatic heterocycles. The van der Waals surface area contributed by atoms with Crippen molar-refractivity contribution in [2.24, 2.45) is 5.92 Å². The van der Waals surface area contributed by atoms with Crippen LogP contribution in [0.3, 0.4) is 0 Å². The Morgan fingerprint density at radius 2 is 1.88 bits per heavy atom. The van der Waals surface area contributed by atoms with Gasteiger partial charge in [-0.25, -0.2) is 15.0 Å². The van der Waals surface area contributed by atoms with Crippen LogP contribution in [0.15, 0.2) is 49.1 Å². The molecule has 2 bridgehead atoms. The summed E-state index contributed by atoms with van der Waals surface area (Å²) in [5, 5.41) is 3.27. The van der Waals surface area contributed by atoms with Crippen LogP contribution >= 0.6 is 0 Å². The highest BCUT2D eigenvalue weighted by atomic mass is 19.4. The fraction of sp³-hybridized carbons (Fsp3) is 0.375. The number of halogens is 3. The molecule has 1 saturated carbocycles. The SMILES string of the molecule is Cc1cnc(-c2ncccn2)c(C(=O)N2CC3CCC2C(Nc2ccc(C(F)(F)F)cn2)C3)c1. The number of fused-ring (bicyclic) bond motifs is 3. The van der Waals surface area contributed by atoms with Crippen LogP contribution in [-0.2, 0) is 6.18 Å². The van der Waals surface area contributed by atoms with Gasteiger partial charge in [-0.1, -0.05) is 0 Å². The lowest BCUT2D eigenvalue weighted by Gasteiger charge is -2.50. The van der Waals surface area contributed by atoms with Crippen LogP contribution in [0.4, 0.5) is 19.0 Å². The van der Waals surface area contributed by atoms with E-state index in [1.165, 1.54) is 6.07 Å². The van der Waals surface area contributed by atoms with E-state index in [1.54, 1.807) is 24.7 Å². The summed E-state index contributed by atoms with van der Waals surface area (Å²) in [6.07, 6.45) is 3.95. The molecule has 34 heavy (non-hydrogen) atoms. The van der Waals surface area contributed by atoms with Crippen molar-refractivity contribution in [2.45, 2.75) is 44.4 Å². The zero-order chi connectivity index (χ0) is 23.9. The summed E-state index contributed by atoms with van der Waals surface area (Å²) in [4.78, 5) is 32.6. The van der Waals surface area contributed by atoms with E-state index < -0.39 is 11.7 Å². The van der Waals surface area contributed by atoms with Gasteiger partial charge in [0.2, 0.25) is 0 Å². The number of amides is 1. The molecule has 2 aliphatic heterocycles. The zero-order valence-electron chi connectivity index (χ0n) is 18.5. The molecule has 3 fully saturated rings. The number of carbonyl (C=O) groups is 1. The summed E-state index contributed by atoms with van der Waals surface area (Å²) in [7, 11) is 0. The molecule has 0 radical (unpaired) electrons. The monoisotopic (exact) mass is 468 g/mol. The van der Waals surface area contributed by atoms with Crippen molar-refractivity contribution in [3.8, 4) is 11.5 Å². The molecule has 0 aromatic carbocycles. The van der Waals surface area contributed by atoms with Gasteiger partial charge in [-0.2, -0.15) is 13.2 Å². The van der Waals surface area contributed by atoms with Crippen molar-refractivity contribution in [3.63, 3.8) is 0 Å². The van der Waals surface area contributed by atoms with Gasteiger partial charge in [-0.15, -0.1) is 0 Å². The maximum absolute atomic E-state index is 13.8. The predicted molar refractivity (Wildman–Crippen MR) is 119 cm³/mol. The number of hydrogen-bond acceptors (Lipinski definition) is 6. The highest BCUT2D eigenvalue weighted by Crippen LogP contribution is 2.38. The van der Waals surface area contributed by atoms with Gasteiger partial charge in [0.1, 0.15) is 11.5 Å². The van der Waals surface area contributed by atoms with E-state index in [-0.39, 0.29) is 18.0 Å². The molecule has 5 heterocycles. The van der Waals surface area contributed by atoms with Crippen molar-refractivity contribution >= 4 is 11.7 Å². The fourth-order valence-corrected chi connectivity index (χ4v) is 4.91. The molecule has 10 heteroatoms. The number of piperidine rings is 2. The quantitative estimate of drug-likeness (QED) is 0.612. The molecule has 1 aliphatic carbocycles. The Balaban J connectivity index is 1.40. The third-order valence-corrected chi connectivity index (χ3v) is 6.49. The first kappa shape index (κ1) is 22.2. The van der Waals surface area contributed by atoms with Gasteiger partial charge in [0.15, 0.2) is 5.82 Å². The Morgan fingerprint density at radius 3 is 2.56 bits per heavy atom. The van der Waals surface area contributed by atoms with E-state index in [0.717, 1.165) is 37.1 Å². The summed E-state index contributed by atoms with van der Waals surface area (Å²) in [6, 6.07) is 5.66. The second-order valence-electron chi connectivity index (χ2n) is 8.87. The number of anilines is 1. The summed E-state index contributed by atoms with van der Waals surface area (Å²) in [5.74, 6) is 0.917. The van der Waals surface area contributed by atoms with Crippen LogP contribution in [0.5, 0.6) is 0 Å². The van der Waals surface area contributed by atoms with Crippen molar-refractivity contribution in [1.82, 2.24) is 24.8 Å². The van der Waals surface area contributed by atoms with Crippen molar-refractivity contribution in [3.05, 3.63) is 65.7 Å². The standard InChI is InChI=1S/C24H23F3N6O/c1-14-9-17(21(31-11-14)22-28-7-2-8-29-22)23(34)33-13-15-3-5-19(33)18(10-15)32-20-6-4-16(12-30-20)24(25,26)27/h2,4,6-9,11-12,15,18-19H,3,5,10,13H2,1H3,(H,30,32). The molecule has 7 nitrogen and oxygen atoms in total. The van der Waals surface area contributed by atoms with Crippen LogP contribution in [0.2, 0.25) is 0 Å². The summed E-state index contributed by atoms with van der Waals surface area (Å²) >= 11 is 0. The van der Waals surface area contributed by atoms with Crippen LogP contribution in [0.25, 0.3) is 11.5 Å². The molecule has 176 valence electrons. The lowest BCUT2D eigenvalue weighted by Crippen LogP contribution is -2.59. The van der Waals surface area contributed by atoms with Crippen LogP contribution in [0, 0.1) is 12.8 Å². The number of rotatable bonds is 4. The minimum atomic E-state index is -4.43. The van der Waals surface area contributed by atoms with Gasteiger partial charge in [-0.3, -0.25) is 9.78 Å². The second-order valence-corrected chi connectivity index (χ2v) is 8.87. The number of nitrogens with one attached hydrogen (secondary N) is 1. The van der Waals surface area contributed by atoms with Crippen molar-refractivity contribution in [1.29, 1.82) is 0 Å². The van der Waals surface area contributed by atoms with Gasteiger partial charge < -0.3 is 10.2 Å². The summed E-state index contributed by atoms with van der Waals surface area (Å²) in [5.41, 5.74) is 0.952. The van der Waals surface area contributed by atoms with Gasteiger partial charge in [0.25, 0.3) is 5.91 Å². The summed E-state index contributed by atoms with van der Waals surface area (Å²) < 4.78 is 38.6. The number of aromatic nitrogens is 4. The average Bonchev–Trinajstić information content (AvgIpc) is 2.84. The molecule has 3 aliphatic rings. The van der Waals surface area contributed by atoms with Crippen LogP contribution in [-0.4, -0.2) is 49.4 Å². The van der Waals surface area contributed by atoms with Crippen LogP contribution < -0.4 is 5.32 Å². The van der Waals surface area contributed by atoms with E-state index in [0.29, 0.717) is 35.4 Å². The molecule has 3 atom stereocenters. The van der Waals surface area contributed by atoms with E-state index in [9.17, 15) is 18.0 Å². The number of carbonyl (C=O) groups excluding carboxylic acids is 1. The van der Waals surface area contributed by atoms with E-state index in [4.69, 9.17) is 0 Å². The smallest absolute Gasteiger partial charge is 0.365 e. The average molecular weight is 468 g/mol. The first-order valence-electron chi connectivity index (χ1n) is 11.1. The highest BCUT2D eigenvalue weighted by molar-refractivity contribution is 5.99. The molecule has 2 saturated heterocycles. The van der Waals surface area contributed by atoms with Crippen molar-refractivity contribution in [2.75, 3.05) is 11.9 Å². The first-order valence-corrected chi connectivity index (χ1v) is 11.1. The van der Waals surface area contributed by atoms with Crippen molar-refractivity contribution < 1.29 is 18.0 Å². The molecular weight excluding hydrogens is 445 g/mol. The Hall–Kier alpha value is -3.56. The predicted octanol–water partition coefficient (Wildman–Crippen LogP) is 4.37. The van der Waals surface area contributed by atoms with Gasteiger partial charge in [-0.05, 0) is 61.9 Å². The van der Waals surface area contributed by atoms with Crippen LogP contribution in [0.1, 0.15) is 40.7 Å². The lowest BCUT2D eigenvalue weighted by molar-refractivity contribution is -0.137. The third-order valence-electron chi connectivity index (χ3n) is 6.49. The molecule has 1 N–H and O–H groups in total. The third kappa shape index (κ3) is 4.32. The number of nitrogens with zero attached hydrogens (tertiary/aromatic N) is 5. The molecule has 0 spiro atoms. The Kier molecular flexibility index (Phi) is 5.66. The van der Waals surface area contributed by atoms with E-state index in [2.05, 4.69) is 25.3 Å². The van der Waals surface area contributed by atoms with Gasteiger partial charge in [0, 0.05) is 37.4 Å². The first-order chi connectivity index (χ1) is 16.3. The number of hydrogen-bond donors (Lipinski definition) is 1. The summed E-state index contributed by atoms with van der Waals surface area (Å²) in [6.45, 7) is 2.51. The van der Waals surface area contributed by atoms with Gasteiger partial charge >= 0.3 is 6.18 Å². The Labute approximate surface area is 194 Å². The van der Waals surface area contributed by atoms with E-state index >= 15 is 0 Å². The normalized spacial score (nSPS) is 22.0. The molecule has 3 aromatic rings. The molecule has 3 unspecified atom stereocenters. The largest absolute Gasteiger partial charge is 0.417 e. The minimum absolute atomic E-state index is 0.102. The number of aryl methyl sites for hydroxylation is 1. The highest BCUT2D eigenvalue weighted by Gasteiger charge is 2.44. The molecule has 6 rings (SSSR count). The maximum Gasteiger partial charge on any atom is 0.417 e. The van der Waals surface area contributed by atoms with Gasteiger partial charge in [0.05, 0.1) is 17.2 Å². The molecular formula is C24H23F3N6O. The lowest BCUT2D eigenvalue weighted by atomic mass is 9.76.